The van der Waals surface area contributed by atoms with E-state index in [1.807, 2.05) is 12.2 Å². The van der Waals surface area contributed by atoms with Gasteiger partial charge in [0, 0.05) is 11.3 Å². The number of nitrogens with one attached hydrogen (secondary N) is 1. The van der Waals surface area contributed by atoms with Crippen LogP contribution in [-0.4, -0.2) is 22.2 Å². The molecule has 0 aromatic heterocycles. The largest absolute Gasteiger partial charge is 0.509 e. The number of aliphatic imine (C=N–C) groups is 3. The van der Waals surface area contributed by atoms with Gasteiger partial charge >= 0.3 is 0 Å². The summed E-state index contributed by atoms with van der Waals surface area (Å²) in [5.74, 6) is 0.345. The lowest BCUT2D eigenvalue weighted by Crippen LogP contribution is -2.22. The molecule has 37 heavy (non-hydrogen) atoms. The van der Waals surface area contributed by atoms with Gasteiger partial charge in [-0.2, -0.15) is 0 Å². The lowest BCUT2D eigenvalue weighted by Gasteiger charge is -2.24. The second-order valence-corrected chi connectivity index (χ2v) is 10.4. The first-order valence-electron chi connectivity index (χ1n) is 13.3. The molecule has 5 rings (SSSR count). The van der Waals surface area contributed by atoms with Crippen LogP contribution in [0.2, 0.25) is 0 Å². The molecule has 0 fully saturated rings. The van der Waals surface area contributed by atoms with E-state index in [4.69, 9.17) is 15.0 Å². The molecule has 1 atom stereocenters. The number of aliphatic hydroxyl groups is 1. The monoisotopic (exact) mass is 492 g/mol. The van der Waals surface area contributed by atoms with Crippen LogP contribution in [0.5, 0.6) is 0 Å². The van der Waals surface area contributed by atoms with Crippen LogP contribution < -0.4 is 5.32 Å². The summed E-state index contributed by atoms with van der Waals surface area (Å²) in [7, 11) is 0. The Labute approximate surface area is 220 Å². The fourth-order valence-electron chi connectivity index (χ4n) is 5.74. The Morgan fingerprint density at radius 2 is 1.32 bits per heavy atom. The van der Waals surface area contributed by atoms with Crippen molar-refractivity contribution >= 4 is 17.1 Å². The van der Waals surface area contributed by atoms with Crippen molar-refractivity contribution in [3.63, 3.8) is 0 Å². The second kappa shape index (κ2) is 8.98. The number of hydrogen-bond donors (Lipinski definition) is 2. The van der Waals surface area contributed by atoms with Gasteiger partial charge in [0.05, 0.1) is 45.3 Å². The van der Waals surface area contributed by atoms with Crippen LogP contribution in [0.25, 0.3) is 0 Å². The van der Waals surface area contributed by atoms with Crippen molar-refractivity contribution in [1.82, 2.24) is 5.32 Å². The Kier molecular flexibility index (Phi) is 6.06. The van der Waals surface area contributed by atoms with Gasteiger partial charge in [-0.25, -0.2) is 15.0 Å². The van der Waals surface area contributed by atoms with E-state index in [1.165, 1.54) is 11.1 Å². The van der Waals surface area contributed by atoms with Gasteiger partial charge in [-0.15, -0.1) is 0 Å². The highest BCUT2D eigenvalue weighted by Gasteiger charge is 2.41. The maximum Gasteiger partial charge on any atom is 0.127 e. The van der Waals surface area contributed by atoms with Crippen molar-refractivity contribution in [3.05, 3.63) is 105 Å². The molecular weight excluding hydrogens is 456 g/mol. The van der Waals surface area contributed by atoms with E-state index in [1.54, 1.807) is 0 Å². The third-order valence-electron chi connectivity index (χ3n) is 8.45. The minimum absolute atomic E-state index is 0.345. The summed E-state index contributed by atoms with van der Waals surface area (Å²) in [5.41, 5.74) is 13.3. The first-order valence-corrected chi connectivity index (χ1v) is 13.3. The average Bonchev–Trinajstić information content (AvgIpc) is 3.52. The van der Waals surface area contributed by atoms with Crippen LogP contribution in [0, 0.1) is 5.41 Å². The van der Waals surface area contributed by atoms with Crippen LogP contribution >= 0.6 is 0 Å². The van der Waals surface area contributed by atoms with E-state index in [0.29, 0.717) is 11.5 Å². The predicted molar refractivity (Wildman–Crippen MR) is 155 cm³/mol. The number of hydrogen-bond acceptors (Lipinski definition) is 5. The normalized spacial score (nSPS) is 25.1. The van der Waals surface area contributed by atoms with E-state index in [9.17, 15) is 5.11 Å². The van der Waals surface area contributed by atoms with Crippen molar-refractivity contribution in [2.45, 2.75) is 67.7 Å². The molecule has 190 valence electrons. The molecule has 0 saturated heterocycles. The van der Waals surface area contributed by atoms with Crippen molar-refractivity contribution in [2.75, 3.05) is 0 Å². The number of nitrogens with zero attached hydrogens (tertiary/aromatic N) is 3. The Morgan fingerprint density at radius 3 is 1.89 bits per heavy atom. The van der Waals surface area contributed by atoms with Gasteiger partial charge in [0.15, 0.2) is 0 Å². The summed E-state index contributed by atoms with van der Waals surface area (Å²) >= 11 is 0. The molecule has 0 amide bonds. The third-order valence-corrected chi connectivity index (χ3v) is 8.45. The first-order chi connectivity index (χ1) is 17.7. The molecule has 0 aromatic rings. The predicted octanol–water partition coefficient (Wildman–Crippen LogP) is 7.64. The molecule has 5 aliphatic rings. The Balaban J connectivity index is 1.82. The van der Waals surface area contributed by atoms with Crippen molar-refractivity contribution in [2.24, 2.45) is 20.4 Å². The minimum Gasteiger partial charge on any atom is -0.509 e. The molecule has 0 spiro atoms. The van der Waals surface area contributed by atoms with Gasteiger partial charge in [-0.05, 0) is 99.1 Å². The van der Waals surface area contributed by atoms with Gasteiger partial charge < -0.3 is 10.4 Å². The van der Waals surface area contributed by atoms with Crippen molar-refractivity contribution in [1.29, 1.82) is 0 Å². The smallest absolute Gasteiger partial charge is 0.127 e. The molecule has 0 aromatic carbocycles. The maximum atomic E-state index is 11.4. The minimum atomic E-state index is -0.528. The number of fused-ring (bicyclic) bond motifs is 5. The van der Waals surface area contributed by atoms with Crippen molar-refractivity contribution < 1.29 is 5.11 Å². The molecule has 0 saturated carbocycles. The van der Waals surface area contributed by atoms with Gasteiger partial charge in [0.25, 0.3) is 0 Å². The van der Waals surface area contributed by atoms with Crippen LogP contribution in [0.3, 0.4) is 0 Å². The van der Waals surface area contributed by atoms with Crippen molar-refractivity contribution in [3.8, 4) is 0 Å². The summed E-state index contributed by atoms with van der Waals surface area (Å²) in [6.45, 7) is 18.9. The highest BCUT2D eigenvalue weighted by molar-refractivity contribution is 6.18. The number of rotatable bonds is 4. The molecule has 5 nitrogen and oxygen atoms in total. The Bertz CT molecular complexity index is 1490. The van der Waals surface area contributed by atoms with E-state index < -0.39 is 5.41 Å². The van der Waals surface area contributed by atoms with E-state index in [0.717, 1.165) is 81.5 Å². The molecule has 5 heterocycles. The summed E-state index contributed by atoms with van der Waals surface area (Å²) in [5, 5.41) is 14.9. The molecule has 8 bridgehead atoms. The maximum absolute atomic E-state index is 11.4. The first kappa shape index (κ1) is 24.9. The Morgan fingerprint density at radius 1 is 0.811 bits per heavy atom. The fourth-order valence-corrected chi connectivity index (χ4v) is 5.74. The fraction of sp³-hybridized carbons (Fsp3) is 0.344. The standard InChI is InChI=1S/C32H36N4O/c1-9-20-17(5)23-13-27-21(10-2)18(6)25(34-27)15-29-31(37)32(8,12-4)30(36-29)16-28-22(11-3)19(7)24(35-28)14-26(20)33-23/h9,13-16,36-37H,1,10-12H2,2-8H3. The average molecular weight is 493 g/mol. The molecule has 0 radical (unpaired) electrons. The summed E-state index contributed by atoms with van der Waals surface area (Å²) < 4.78 is 0. The van der Waals surface area contributed by atoms with Gasteiger partial charge in [-0.1, -0.05) is 33.4 Å². The summed E-state index contributed by atoms with van der Waals surface area (Å²) in [6, 6.07) is 0. The number of aliphatic hydroxyl groups excluding tert-OH is 1. The van der Waals surface area contributed by atoms with E-state index in [2.05, 4.69) is 78.6 Å². The topological polar surface area (TPSA) is 69.3 Å². The zero-order chi connectivity index (χ0) is 26.6. The molecule has 5 aliphatic heterocycles. The van der Waals surface area contributed by atoms with Gasteiger partial charge in [0.2, 0.25) is 0 Å². The lowest BCUT2D eigenvalue weighted by molar-refractivity contribution is 0.277. The van der Waals surface area contributed by atoms with Crippen LogP contribution in [0.4, 0.5) is 0 Å². The van der Waals surface area contributed by atoms with Crippen LogP contribution in [0.15, 0.2) is 120 Å². The summed E-state index contributed by atoms with van der Waals surface area (Å²) in [6.07, 6.45) is 12.6. The molecule has 0 aliphatic carbocycles. The number of allylic oxidation sites excluding steroid dienone is 11. The van der Waals surface area contributed by atoms with Crippen LogP contribution in [0.1, 0.15) is 67.7 Å². The zero-order valence-corrected chi connectivity index (χ0v) is 23.0. The zero-order valence-electron chi connectivity index (χ0n) is 23.0. The Hall–Kier alpha value is -3.73. The lowest BCUT2D eigenvalue weighted by atomic mass is 9.82. The highest BCUT2D eigenvalue weighted by Crippen LogP contribution is 2.44. The molecular formula is C32H36N4O. The van der Waals surface area contributed by atoms with E-state index >= 15 is 0 Å². The summed E-state index contributed by atoms with van der Waals surface area (Å²) in [4.78, 5) is 15.1. The van der Waals surface area contributed by atoms with Crippen LogP contribution in [-0.2, 0) is 0 Å². The molecule has 2 N–H and O–H groups in total. The van der Waals surface area contributed by atoms with Gasteiger partial charge in [-0.3, -0.25) is 0 Å². The second-order valence-electron chi connectivity index (χ2n) is 10.4. The van der Waals surface area contributed by atoms with E-state index in [-0.39, 0.29) is 0 Å². The quantitative estimate of drug-likeness (QED) is 0.423. The molecule has 5 heteroatoms. The molecule has 1 unspecified atom stereocenters. The highest BCUT2D eigenvalue weighted by atomic mass is 16.3. The SMILES string of the molecule is C=CC1=C(C)C2=CC3=NC(=CC4=C(O)C(C)(CC)C(=CC5=NC(=CC1=N2)C(C)=C5CC)N4)C(C)=C3CC. The van der Waals surface area contributed by atoms with Gasteiger partial charge in [0.1, 0.15) is 5.76 Å². The third kappa shape index (κ3) is 3.71.